The van der Waals surface area contributed by atoms with Crippen LogP contribution in [0, 0.1) is 5.92 Å². The van der Waals surface area contributed by atoms with E-state index in [2.05, 4.69) is 14.9 Å². The van der Waals surface area contributed by atoms with Gasteiger partial charge in [0, 0.05) is 74.3 Å². The predicted octanol–water partition coefficient (Wildman–Crippen LogP) is 2.25. The summed E-state index contributed by atoms with van der Waals surface area (Å²) in [6.45, 7) is 3.13. The molecule has 0 spiro atoms. The number of aromatic nitrogens is 2. The lowest BCUT2D eigenvalue weighted by Crippen LogP contribution is -2.59. The van der Waals surface area contributed by atoms with E-state index in [0.29, 0.717) is 23.9 Å². The van der Waals surface area contributed by atoms with Gasteiger partial charge in [-0.15, -0.1) is 0 Å². The van der Waals surface area contributed by atoms with Crippen molar-refractivity contribution in [2.24, 2.45) is 5.92 Å². The molecule has 2 aliphatic heterocycles. The standard InChI is InChI=1S/C22H22ClN5O3S/c23-21-12-19-16(13-25-21)2-1-3-20(19)32(30,31)28-14-17(15-28)22(29)27-10-8-26(9-11-27)18-4-6-24-7-5-18/h1-7,12-13,17H,8-11,14-15H2. The van der Waals surface area contributed by atoms with Crippen LogP contribution in [0.1, 0.15) is 0 Å². The van der Waals surface area contributed by atoms with Gasteiger partial charge in [-0.05, 0) is 24.3 Å². The molecule has 0 saturated carbocycles. The predicted molar refractivity (Wildman–Crippen MR) is 122 cm³/mol. The summed E-state index contributed by atoms with van der Waals surface area (Å²) in [5, 5.41) is 1.48. The summed E-state index contributed by atoms with van der Waals surface area (Å²) in [6, 6.07) is 10.5. The topological polar surface area (TPSA) is 86.7 Å². The summed E-state index contributed by atoms with van der Waals surface area (Å²) < 4.78 is 27.8. The van der Waals surface area contributed by atoms with Gasteiger partial charge in [-0.3, -0.25) is 9.78 Å². The largest absolute Gasteiger partial charge is 0.368 e. The quantitative estimate of drug-likeness (QED) is 0.542. The van der Waals surface area contributed by atoms with Crippen LogP contribution in [0.15, 0.2) is 59.9 Å². The maximum atomic E-state index is 13.2. The minimum absolute atomic E-state index is 0.0241. The van der Waals surface area contributed by atoms with Crippen LogP contribution in [0.25, 0.3) is 10.8 Å². The number of pyridine rings is 2. The third-order valence-electron chi connectivity index (χ3n) is 6.12. The maximum absolute atomic E-state index is 13.2. The summed E-state index contributed by atoms with van der Waals surface area (Å²) in [7, 11) is -3.73. The number of carbonyl (C=O) groups excluding carboxylic acids is 1. The smallest absolute Gasteiger partial charge is 0.243 e. The second kappa shape index (κ2) is 8.31. The lowest BCUT2D eigenvalue weighted by Gasteiger charge is -2.42. The van der Waals surface area contributed by atoms with E-state index in [1.165, 1.54) is 4.31 Å². The van der Waals surface area contributed by atoms with Crippen LogP contribution in [-0.2, 0) is 14.8 Å². The summed E-state index contributed by atoms with van der Waals surface area (Å²) in [5.41, 5.74) is 1.10. The van der Waals surface area contributed by atoms with E-state index in [1.54, 1.807) is 42.9 Å². The fourth-order valence-corrected chi connectivity index (χ4v) is 6.16. The van der Waals surface area contributed by atoms with Crippen LogP contribution < -0.4 is 4.90 Å². The SMILES string of the molecule is O=C(C1CN(S(=O)(=O)c2cccc3cnc(Cl)cc23)C1)N1CCN(c2ccncc2)CC1. The van der Waals surface area contributed by atoms with Gasteiger partial charge in [0.15, 0.2) is 0 Å². The Morgan fingerprint density at radius 3 is 2.47 bits per heavy atom. The monoisotopic (exact) mass is 471 g/mol. The molecule has 0 atom stereocenters. The number of sulfonamides is 1. The van der Waals surface area contributed by atoms with E-state index in [0.717, 1.165) is 18.8 Å². The van der Waals surface area contributed by atoms with Crippen molar-refractivity contribution in [3.05, 3.63) is 60.1 Å². The van der Waals surface area contributed by atoms with Crippen molar-refractivity contribution >= 4 is 44.0 Å². The highest BCUT2D eigenvalue weighted by atomic mass is 35.5. The lowest BCUT2D eigenvalue weighted by molar-refractivity contribution is -0.139. The van der Waals surface area contributed by atoms with Crippen molar-refractivity contribution in [2.45, 2.75) is 4.90 Å². The molecule has 2 saturated heterocycles. The highest BCUT2D eigenvalue weighted by molar-refractivity contribution is 7.89. The summed E-state index contributed by atoms with van der Waals surface area (Å²) >= 11 is 5.99. The number of hydrogen-bond acceptors (Lipinski definition) is 6. The normalized spacial score (nSPS) is 18.0. The first-order chi connectivity index (χ1) is 15.4. The Morgan fingerprint density at radius 1 is 1.03 bits per heavy atom. The number of fused-ring (bicyclic) bond motifs is 1. The van der Waals surface area contributed by atoms with Crippen LogP contribution >= 0.6 is 11.6 Å². The molecular formula is C22H22ClN5O3S. The Morgan fingerprint density at radius 2 is 1.75 bits per heavy atom. The van der Waals surface area contributed by atoms with E-state index in [-0.39, 0.29) is 35.0 Å². The zero-order chi connectivity index (χ0) is 22.3. The third-order valence-corrected chi connectivity index (χ3v) is 8.22. The van der Waals surface area contributed by atoms with Gasteiger partial charge < -0.3 is 9.80 Å². The average molecular weight is 472 g/mol. The van der Waals surface area contributed by atoms with Crippen molar-refractivity contribution in [1.29, 1.82) is 0 Å². The molecule has 4 heterocycles. The molecule has 8 nitrogen and oxygen atoms in total. The number of hydrogen-bond donors (Lipinski definition) is 0. The number of carbonyl (C=O) groups is 1. The van der Waals surface area contributed by atoms with Crippen molar-refractivity contribution in [3.63, 3.8) is 0 Å². The van der Waals surface area contributed by atoms with E-state index in [9.17, 15) is 13.2 Å². The van der Waals surface area contributed by atoms with Crippen LogP contribution in [0.2, 0.25) is 5.15 Å². The van der Waals surface area contributed by atoms with Crippen LogP contribution in [0.3, 0.4) is 0 Å². The minimum atomic E-state index is -3.73. The Kier molecular flexibility index (Phi) is 5.48. The number of halogens is 1. The lowest BCUT2D eigenvalue weighted by atomic mass is 10.0. The van der Waals surface area contributed by atoms with Gasteiger partial charge in [-0.2, -0.15) is 4.31 Å². The number of amides is 1. The van der Waals surface area contributed by atoms with Gasteiger partial charge in [0.2, 0.25) is 15.9 Å². The maximum Gasteiger partial charge on any atom is 0.243 e. The molecule has 5 rings (SSSR count). The number of rotatable bonds is 4. The molecule has 0 aliphatic carbocycles. The van der Waals surface area contributed by atoms with E-state index in [1.807, 2.05) is 17.0 Å². The number of benzene rings is 1. The minimum Gasteiger partial charge on any atom is -0.368 e. The Labute approximate surface area is 191 Å². The van der Waals surface area contributed by atoms with Gasteiger partial charge in [-0.1, -0.05) is 23.7 Å². The molecule has 0 N–H and O–H groups in total. The summed E-state index contributed by atoms with van der Waals surface area (Å²) in [6.07, 6.45) is 5.08. The fourth-order valence-electron chi connectivity index (χ4n) is 4.27. The summed E-state index contributed by atoms with van der Waals surface area (Å²) in [5.74, 6) is -0.284. The Balaban J connectivity index is 1.23. The molecule has 1 amide bonds. The highest BCUT2D eigenvalue weighted by Gasteiger charge is 2.42. The molecule has 32 heavy (non-hydrogen) atoms. The molecule has 166 valence electrons. The first-order valence-corrected chi connectivity index (χ1v) is 12.2. The molecule has 10 heteroatoms. The second-order valence-electron chi connectivity index (χ2n) is 8.02. The molecule has 1 aromatic carbocycles. The van der Waals surface area contributed by atoms with Crippen molar-refractivity contribution < 1.29 is 13.2 Å². The van der Waals surface area contributed by atoms with Gasteiger partial charge >= 0.3 is 0 Å². The van der Waals surface area contributed by atoms with E-state index < -0.39 is 10.0 Å². The van der Waals surface area contributed by atoms with E-state index in [4.69, 9.17) is 11.6 Å². The molecule has 0 radical (unpaired) electrons. The molecule has 3 aromatic rings. The molecule has 0 unspecified atom stereocenters. The molecule has 2 fully saturated rings. The van der Waals surface area contributed by atoms with Crippen molar-refractivity contribution in [3.8, 4) is 0 Å². The molecule has 2 aromatic heterocycles. The number of nitrogens with zero attached hydrogens (tertiary/aromatic N) is 5. The zero-order valence-electron chi connectivity index (χ0n) is 17.3. The van der Waals surface area contributed by atoms with E-state index >= 15 is 0 Å². The Bertz CT molecular complexity index is 1260. The molecular weight excluding hydrogens is 450 g/mol. The first kappa shape index (κ1) is 21.1. The van der Waals surface area contributed by atoms with Crippen LogP contribution in [-0.4, -0.2) is 72.8 Å². The fraction of sp³-hybridized carbons (Fsp3) is 0.318. The number of anilines is 1. The third kappa shape index (κ3) is 3.80. The summed E-state index contributed by atoms with van der Waals surface area (Å²) in [4.78, 5) is 25.3. The van der Waals surface area contributed by atoms with Crippen LogP contribution in [0.4, 0.5) is 5.69 Å². The molecule has 0 bridgehead atoms. The van der Waals surface area contributed by atoms with Gasteiger partial charge in [0.05, 0.1) is 10.8 Å². The molecule has 2 aliphatic rings. The van der Waals surface area contributed by atoms with Crippen LogP contribution in [0.5, 0.6) is 0 Å². The van der Waals surface area contributed by atoms with Gasteiger partial charge in [0.25, 0.3) is 0 Å². The van der Waals surface area contributed by atoms with Gasteiger partial charge in [-0.25, -0.2) is 13.4 Å². The zero-order valence-corrected chi connectivity index (χ0v) is 18.8. The Hall–Kier alpha value is -2.75. The highest BCUT2D eigenvalue weighted by Crippen LogP contribution is 2.31. The second-order valence-corrected chi connectivity index (χ2v) is 10.3. The average Bonchev–Trinajstić information content (AvgIpc) is 2.78. The van der Waals surface area contributed by atoms with Gasteiger partial charge in [0.1, 0.15) is 5.15 Å². The van der Waals surface area contributed by atoms with Crippen molar-refractivity contribution in [1.82, 2.24) is 19.2 Å². The van der Waals surface area contributed by atoms with Crippen molar-refractivity contribution in [2.75, 3.05) is 44.2 Å². The number of piperazine rings is 1. The first-order valence-electron chi connectivity index (χ1n) is 10.4.